The third-order valence-corrected chi connectivity index (χ3v) is 5.00. The minimum Gasteiger partial charge on any atom is -0.396 e. The standard InChI is InChI=1S/C25H23NO/c1-18-12-13-23-22(16-18)17-21(14-15-27)25(26-23)24(19-8-4-2-5-9-19)20-10-6-3-7-11-20/h2-13,16-17,24,27H,14-15H2,1H3. The maximum absolute atomic E-state index is 9.67. The molecule has 0 atom stereocenters. The summed E-state index contributed by atoms with van der Waals surface area (Å²) < 4.78 is 0. The van der Waals surface area contributed by atoms with E-state index in [9.17, 15) is 5.11 Å². The number of pyridine rings is 1. The van der Waals surface area contributed by atoms with Crippen molar-refractivity contribution in [3.05, 3.63) is 113 Å². The fraction of sp³-hybridized carbons (Fsp3) is 0.160. The molecule has 0 spiro atoms. The van der Waals surface area contributed by atoms with E-state index < -0.39 is 0 Å². The Bertz CT molecular complexity index is 1000. The molecule has 0 bridgehead atoms. The lowest BCUT2D eigenvalue weighted by Crippen LogP contribution is -2.10. The van der Waals surface area contributed by atoms with Crippen LogP contribution in [0.5, 0.6) is 0 Å². The van der Waals surface area contributed by atoms with Crippen molar-refractivity contribution in [1.82, 2.24) is 4.98 Å². The molecule has 1 N–H and O–H groups in total. The van der Waals surface area contributed by atoms with E-state index in [0.717, 1.165) is 22.2 Å². The Morgan fingerprint density at radius 1 is 0.815 bits per heavy atom. The van der Waals surface area contributed by atoms with Gasteiger partial charge in [0.15, 0.2) is 0 Å². The van der Waals surface area contributed by atoms with Crippen molar-refractivity contribution < 1.29 is 5.11 Å². The third kappa shape index (κ3) is 3.62. The molecule has 0 radical (unpaired) electrons. The van der Waals surface area contributed by atoms with Crippen LogP contribution in [0.15, 0.2) is 84.9 Å². The molecule has 4 aromatic rings. The van der Waals surface area contributed by atoms with Gasteiger partial charge >= 0.3 is 0 Å². The second kappa shape index (κ2) is 7.73. The summed E-state index contributed by atoms with van der Waals surface area (Å²) in [6.07, 6.45) is 0.600. The lowest BCUT2D eigenvalue weighted by Gasteiger charge is -2.21. The van der Waals surface area contributed by atoms with Crippen LogP contribution in [-0.4, -0.2) is 16.7 Å². The van der Waals surface area contributed by atoms with Crippen molar-refractivity contribution in [3.63, 3.8) is 0 Å². The number of aryl methyl sites for hydroxylation is 1. The normalized spacial score (nSPS) is 11.2. The van der Waals surface area contributed by atoms with Crippen molar-refractivity contribution >= 4 is 10.9 Å². The van der Waals surface area contributed by atoms with Gasteiger partial charge in [0.1, 0.15) is 0 Å². The molecule has 0 unspecified atom stereocenters. The quantitative estimate of drug-likeness (QED) is 0.531. The smallest absolute Gasteiger partial charge is 0.0706 e. The topological polar surface area (TPSA) is 33.1 Å². The zero-order chi connectivity index (χ0) is 18.6. The van der Waals surface area contributed by atoms with Crippen LogP contribution in [0.4, 0.5) is 0 Å². The zero-order valence-corrected chi connectivity index (χ0v) is 15.5. The van der Waals surface area contributed by atoms with E-state index in [2.05, 4.69) is 79.7 Å². The van der Waals surface area contributed by atoms with Gasteiger partial charge in [-0.25, -0.2) is 0 Å². The van der Waals surface area contributed by atoms with Crippen molar-refractivity contribution in [1.29, 1.82) is 0 Å². The third-order valence-electron chi connectivity index (χ3n) is 5.00. The number of aliphatic hydroxyl groups excluding tert-OH is 1. The molecule has 3 aromatic carbocycles. The van der Waals surface area contributed by atoms with Crippen molar-refractivity contribution in [2.45, 2.75) is 19.3 Å². The number of aromatic nitrogens is 1. The molecule has 0 aliphatic carbocycles. The first-order valence-electron chi connectivity index (χ1n) is 9.37. The van der Waals surface area contributed by atoms with Gasteiger partial charge < -0.3 is 5.11 Å². The molecule has 4 rings (SSSR count). The second-order valence-electron chi connectivity index (χ2n) is 6.96. The number of nitrogens with zero attached hydrogens (tertiary/aromatic N) is 1. The first kappa shape index (κ1) is 17.4. The SMILES string of the molecule is Cc1ccc2nc(C(c3ccccc3)c3ccccc3)c(CCO)cc2c1. The Hall–Kier alpha value is -2.97. The van der Waals surface area contributed by atoms with Gasteiger partial charge in [-0.3, -0.25) is 4.98 Å². The zero-order valence-electron chi connectivity index (χ0n) is 15.5. The highest BCUT2D eigenvalue weighted by atomic mass is 16.2. The van der Waals surface area contributed by atoms with Crippen LogP contribution >= 0.6 is 0 Å². The number of aliphatic hydroxyl groups is 1. The summed E-state index contributed by atoms with van der Waals surface area (Å²) in [6.45, 7) is 2.21. The van der Waals surface area contributed by atoms with Crippen molar-refractivity contribution in [2.75, 3.05) is 6.61 Å². The largest absolute Gasteiger partial charge is 0.396 e. The molecule has 0 fully saturated rings. The van der Waals surface area contributed by atoms with Crippen LogP contribution in [0.2, 0.25) is 0 Å². The van der Waals surface area contributed by atoms with Crippen LogP contribution in [0.3, 0.4) is 0 Å². The summed E-state index contributed by atoms with van der Waals surface area (Å²) >= 11 is 0. The molecule has 0 saturated heterocycles. The first-order valence-corrected chi connectivity index (χ1v) is 9.37. The molecule has 134 valence electrons. The van der Waals surface area contributed by atoms with Gasteiger partial charge in [0.25, 0.3) is 0 Å². The molecular weight excluding hydrogens is 330 g/mol. The molecule has 2 nitrogen and oxygen atoms in total. The number of hydrogen-bond donors (Lipinski definition) is 1. The molecule has 0 saturated carbocycles. The summed E-state index contributed by atoms with van der Waals surface area (Å²) in [5, 5.41) is 10.8. The lowest BCUT2D eigenvalue weighted by atomic mass is 9.85. The number of hydrogen-bond acceptors (Lipinski definition) is 2. The highest BCUT2D eigenvalue weighted by Gasteiger charge is 2.21. The van der Waals surface area contributed by atoms with Crippen molar-refractivity contribution in [2.24, 2.45) is 0 Å². The Morgan fingerprint density at radius 3 is 2.04 bits per heavy atom. The molecule has 0 amide bonds. The summed E-state index contributed by atoms with van der Waals surface area (Å²) in [5.74, 6) is 0.0413. The van der Waals surface area contributed by atoms with E-state index in [1.54, 1.807) is 0 Å². The Labute approximate surface area is 160 Å². The van der Waals surface area contributed by atoms with E-state index in [1.165, 1.54) is 16.7 Å². The molecule has 1 heterocycles. The van der Waals surface area contributed by atoms with Gasteiger partial charge in [0.2, 0.25) is 0 Å². The Kier molecular flexibility index (Phi) is 4.99. The van der Waals surface area contributed by atoms with E-state index in [0.29, 0.717) is 6.42 Å². The predicted octanol–water partition coefficient (Wildman–Crippen LogP) is 5.26. The molecule has 1 aromatic heterocycles. The summed E-state index contributed by atoms with van der Waals surface area (Å²) in [4.78, 5) is 5.08. The van der Waals surface area contributed by atoms with Gasteiger partial charge in [-0.05, 0) is 48.2 Å². The predicted molar refractivity (Wildman–Crippen MR) is 111 cm³/mol. The summed E-state index contributed by atoms with van der Waals surface area (Å²) in [6, 6.07) is 29.5. The first-order chi connectivity index (χ1) is 13.3. The summed E-state index contributed by atoms with van der Waals surface area (Å²) in [5.41, 5.74) is 6.76. The van der Waals surface area contributed by atoms with Gasteiger partial charge in [-0.1, -0.05) is 72.3 Å². The van der Waals surface area contributed by atoms with Gasteiger partial charge in [0, 0.05) is 12.0 Å². The second-order valence-corrected chi connectivity index (χ2v) is 6.96. The molecule has 2 heteroatoms. The highest BCUT2D eigenvalue weighted by Crippen LogP contribution is 2.34. The fourth-order valence-corrected chi connectivity index (χ4v) is 3.72. The average molecular weight is 353 g/mol. The number of benzene rings is 3. The Morgan fingerprint density at radius 2 is 1.44 bits per heavy atom. The van der Waals surface area contributed by atoms with Crippen LogP contribution in [0, 0.1) is 6.92 Å². The Balaban J connectivity index is 1.97. The number of rotatable bonds is 5. The average Bonchev–Trinajstić information content (AvgIpc) is 2.70. The van der Waals surface area contributed by atoms with E-state index in [1.807, 2.05) is 12.1 Å². The van der Waals surface area contributed by atoms with Crippen LogP contribution in [0.25, 0.3) is 10.9 Å². The van der Waals surface area contributed by atoms with Crippen LogP contribution in [0.1, 0.15) is 33.9 Å². The summed E-state index contributed by atoms with van der Waals surface area (Å²) in [7, 11) is 0. The van der Waals surface area contributed by atoms with Crippen molar-refractivity contribution in [3.8, 4) is 0 Å². The molecule has 0 aliphatic rings. The van der Waals surface area contributed by atoms with E-state index in [-0.39, 0.29) is 12.5 Å². The maximum atomic E-state index is 9.67. The molecule has 0 aliphatic heterocycles. The molecule has 27 heavy (non-hydrogen) atoms. The lowest BCUT2D eigenvalue weighted by molar-refractivity contribution is 0.299. The number of fused-ring (bicyclic) bond motifs is 1. The van der Waals surface area contributed by atoms with Gasteiger partial charge in [-0.2, -0.15) is 0 Å². The van der Waals surface area contributed by atoms with Crippen LogP contribution < -0.4 is 0 Å². The fourth-order valence-electron chi connectivity index (χ4n) is 3.72. The molecular formula is C25H23NO. The minimum atomic E-state index is 0.0413. The van der Waals surface area contributed by atoms with E-state index >= 15 is 0 Å². The van der Waals surface area contributed by atoms with Crippen LogP contribution in [-0.2, 0) is 6.42 Å². The minimum absolute atomic E-state index is 0.0413. The van der Waals surface area contributed by atoms with E-state index in [4.69, 9.17) is 4.98 Å². The highest BCUT2D eigenvalue weighted by molar-refractivity contribution is 5.80. The monoisotopic (exact) mass is 353 g/mol. The van der Waals surface area contributed by atoms with Gasteiger partial charge in [0.05, 0.1) is 17.1 Å². The maximum Gasteiger partial charge on any atom is 0.0706 e. The van der Waals surface area contributed by atoms with Gasteiger partial charge in [-0.15, -0.1) is 0 Å².